The molecule has 4 aromatic rings. The zero-order valence-corrected chi connectivity index (χ0v) is 34.9. The number of hydrogen-bond donors (Lipinski definition) is 1. The Balaban J connectivity index is 2.08. The highest BCUT2D eigenvalue weighted by Gasteiger charge is 2.46. The van der Waals surface area contributed by atoms with E-state index >= 15 is 0 Å². The number of esters is 4. The average molecular weight is 873 g/mol. The smallest absolute Gasteiger partial charge is 0.426 e. The third-order valence-corrected chi connectivity index (χ3v) is 10.4. The van der Waals surface area contributed by atoms with E-state index < -0.39 is 74.8 Å². The second-order valence-electron chi connectivity index (χ2n) is 13.8. The lowest BCUT2D eigenvalue weighted by molar-refractivity contribution is -0.197. The van der Waals surface area contributed by atoms with E-state index in [4.69, 9.17) is 84.8 Å². The van der Waals surface area contributed by atoms with E-state index in [9.17, 15) is 45.3 Å². The predicted octanol–water partition coefficient (Wildman–Crippen LogP) is 2.34. The standard InChI is InChI=1S/C40H30B9F3O11S/c41-9-19-1-22(12-44)29(15-47)26(4-19)36(53)60-25-7-32(61-37(54)27-5-20(10-42)2-23(13-45)30(27)16-48)35(39(56)63-34(40(50,51)52)18-64(57,58)59)33(8-25)62-38(55)28-6-21(11-43)3-24(14-46)31(28)17-49/h1-8,34H,9-18H2,(H,57,58,59). The molecular formula is C40H30B9F3O11S. The highest BCUT2D eigenvalue weighted by atomic mass is 32.2. The lowest BCUT2D eigenvalue weighted by Crippen LogP contribution is -2.39. The summed E-state index contributed by atoms with van der Waals surface area (Å²) in [5, 5.41) is 0. The highest BCUT2D eigenvalue weighted by Crippen LogP contribution is 2.39. The van der Waals surface area contributed by atoms with Gasteiger partial charge in [0.05, 0.1) is 87.3 Å². The predicted molar refractivity (Wildman–Crippen MR) is 237 cm³/mol. The van der Waals surface area contributed by atoms with Crippen LogP contribution in [0.4, 0.5) is 13.2 Å². The van der Waals surface area contributed by atoms with E-state index in [1.807, 2.05) is 0 Å². The van der Waals surface area contributed by atoms with Gasteiger partial charge in [-0.05, 0) is 34.9 Å². The Morgan fingerprint density at radius 1 is 0.516 bits per heavy atom. The first-order valence-corrected chi connectivity index (χ1v) is 20.6. The number of benzene rings is 4. The Morgan fingerprint density at radius 2 is 0.859 bits per heavy atom. The van der Waals surface area contributed by atoms with Gasteiger partial charge in [-0.3, -0.25) is 4.55 Å². The van der Waals surface area contributed by atoms with Gasteiger partial charge in [-0.2, -0.15) is 21.6 Å². The second-order valence-corrected chi connectivity index (χ2v) is 15.3. The van der Waals surface area contributed by atoms with Crippen LogP contribution in [0.15, 0.2) is 48.5 Å². The molecule has 18 radical (unpaired) electrons. The fourth-order valence-corrected chi connectivity index (χ4v) is 7.24. The molecule has 0 aromatic heterocycles. The van der Waals surface area contributed by atoms with Gasteiger partial charge in [-0.1, -0.05) is 108 Å². The fraction of sp³-hybridized carbons (Fsp3) is 0.300. The lowest BCUT2D eigenvalue weighted by Gasteiger charge is -2.22. The van der Waals surface area contributed by atoms with Crippen molar-refractivity contribution in [1.82, 2.24) is 0 Å². The minimum Gasteiger partial charge on any atom is -0.448 e. The summed E-state index contributed by atoms with van der Waals surface area (Å²) in [5.74, 6) is -10.9. The van der Waals surface area contributed by atoms with Crippen LogP contribution >= 0.6 is 0 Å². The van der Waals surface area contributed by atoms with Crippen molar-refractivity contribution in [2.45, 2.75) is 69.2 Å². The number of alkyl halides is 3. The number of ether oxygens (including phenoxy) is 4. The summed E-state index contributed by atoms with van der Waals surface area (Å²) in [6, 6.07) is 10.00. The van der Waals surface area contributed by atoms with E-state index in [0.717, 1.165) is 0 Å². The van der Waals surface area contributed by atoms with Crippen LogP contribution in [0, 0.1) is 0 Å². The van der Waals surface area contributed by atoms with Crippen molar-refractivity contribution in [2.75, 3.05) is 5.75 Å². The molecule has 0 spiro atoms. The van der Waals surface area contributed by atoms with Gasteiger partial charge < -0.3 is 18.9 Å². The Kier molecular flexibility index (Phi) is 18.0. The Morgan fingerprint density at radius 3 is 1.14 bits per heavy atom. The largest absolute Gasteiger partial charge is 0.448 e. The molecule has 0 aliphatic rings. The van der Waals surface area contributed by atoms with Crippen molar-refractivity contribution in [3.05, 3.63) is 121 Å². The Labute approximate surface area is 380 Å². The summed E-state index contributed by atoms with van der Waals surface area (Å²) in [6.07, 6.45) is -10.7. The molecule has 0 bridgehead atoms. The quantitative estimate of drug-likeness (QED) is 0.0639. The van der Waals surface area contributed by atoms with Crippen molar-refractivity contribution >= 4 is 105 Å². The molecule has 1 N–H and O–H groups in total. The molecule has 4 aromatic carbocycles. The molecule has 1 atom stereocenters. The molecular weight excluding hydrogens is 843 g/mol. The fourth-order valence-electron chi connectivity index (χ4n) is 6.60. The zero-order chi connectivity index (χ0) is 47.7. The average Bonchev–Trinajstić information content (AvgIpc) is 3.25. The minimum atomic E-state index is -5.63. The minimum absolute atomic E-state index is 0.0598. The van der Waals surface area contributed by atoms with Gasteiger partial charge in [-0.25, -0.2) is 19.2 Å². The topological polar surface area (TPSA) is 160 Å². The number of rotatable bonds is 19. The van der Waals surface area contributed by atoms with Gasteiger partial charge in [0.15, 0.2) is 11.5 Å². The SMILES string of the molecule is [B]Cc1cc(C[B])c(C[B])c(C(=O)Oc2cc(OC(=O)c3cc(C[B])cc(C[B])c3C[B])c(C(=O)OC(CS(=O)(=O)O)C(F)(F)F)c(OC(=O)c3cc(C[B])cc(C[B])c3C[B])c2)c1. The summed E-state index contributed by atoms with van der Waals surface area (Å²) >= 11 is 0. The van der Waals surface area contributed by atoms with Crippen LogP contribution < -0.4 is 14.2 Å². The highest BCUT2D eigenvalue weighted by molar-refractivity contribution is 7.85. The summed E-state index contributed by atoms with van der Waals surface area (Å²) < 4.78 is 96.8. The molecule has 1 unspecified atom stereocenters. The third-order valence-electron chi connectivity index (χ3n) is 9.68. The molecule has 24 heteroatoms. The van der Waals surface area contributed by atoms with E-state index in [1.165, 1.54) is 18.2 Å². The van der Waals surface area contributed by atoms with Crippen LogP contribution in [-0.4, -0.2) is 125 Å². The molecule has 310 valence electrons. The first-order chi connectivity index (χ1) is 30.2. The van der Waals surface area contributed by atoms with Gasteiger partial charge in [-0.15, -0.1) is 0 Å². The van der Waals surface area contributed by atoms with E-state index in [0.29, 0.717) is 45.5 Å². The van der Waals surface area contributed by atoms with Crippen molar-refractivity contribution in [3.8, 4) is 17.2 Å². The molecule has 64 heavy (non-hydrogen) atoms. The van der Waals surface area contributed by atoms with E-state index in [-0.39, 0.29) is 90.3 Å². The first kappa shape index (κ1) is 51.7. The lowest BCUT2D eigenvalue weighted by atomic mass is 9.81. The van der Waals surface area contributed by atoms with Crippen LogP contribution in [0.25, 0.3) is 0 Å². The second kappa shape index (κ2) is 22.3. The number of carbonyl (C=O) groups is 4. The van der Waals surface area contributed by atoms with Crippen molar-refractivity contribution in [2.24, 2.45) is 0 Å². The summed E-state index contributed by atoms with van der Waals surface area (Å²) in [6.45, 7) is 0. The molecule has 0 amide bonds. The number of carbonyl (C=O) groups excluding carboxylic acids is 4. The summed E-state index contributed by atoms with van der Waals surface area (Å²) in [4.78, 5) is 56.3. The maximum atomic E-state index is 14.2. The number of hydrogen-bond acceptors (Lipinski definition) is 10. The summed E-state index contributed by atoms with van der Waals surface area (Å²) in [7, 11) is 47.6. The normalized spacial score (nSPS) is 12.0. The molecule has 0 aliphatic carbocycles. The van der Waals surface area contributed by atoms with Crippen LogP contribution in [0.3, 0.4) is 0 Å². The molecule has 0 fully saturated rings. The number of halogens is 3. The van der Waals surface area contributed by atoms with Crippen LogP contribution in [0.2, 0.25) is 0 Å². The maximum absolute atomic E-state index is 14.2. The van der Waals surface area contributed by atoms with Crippen molar-refractivity contribution < 1.29 is 64.3 Å². The molecule has 11 nitrogen and oxygen atoms in total. The monoisotopic (exact) mass is 874 g/mol. The van der Waals surface area contributed by atoms with Gasteiger partial charge in [0.25, 0.3) is 10.1 Å². The van der Waals surface area contributed by atoms with E-state index in [1.54, 1.807) is 18.2 Å². The zero-order valence-electron chi connectivity index (χ0n) is 34.0. The Bertz CT molecular complexity index is 2440. The Hall–Kier alpha value is -4.96. The van der Waals surface area contributed by atoms with E-state index in [2.05, 4.69) is 4.74 Å². The third kappa shape index (κ3) is 12.4. The van der Waals surface area contributed by atoms with Crippen LogP contribution in [0.1, 0.15) is 91.5 Å². The van der Waals surface area contributed by atoms with Gasteiger partial charge in [0, 0.05) is 12.1 Å². The molecule has 0 saturated carbocycles. The molecule has 0 heterocycles. The van der Waals surface area contributed by atoms with Gasteiger partial charge in [0.1, 0.15) is 17.1 Å². The van der Waals surface area contributed by atoms with Crippen LogP contribution in [-0.2, 0) is 71.7 Å². The maximum Gasteiger partial charge on any atom is 0.426 e. The first-order valence-electron chi connectivity index (χ1n) is 19.0. The van der Waals surface area contributed by atoms with Crippen molar-refractivity contribution in [3.63, 3.8) is 0 Å². The molecule has 0 aliphatic heterocycles. The summed E-state index contributed by atoms with van der Waals surface area (Å²) in [5.41, 5.74) is 0.734. The molecule has 4 rings (SSSR count). The molecule has 0 saturated heterocycles. The van der Waals surface area contributed by atoms with Crippen LogP contribution in [0.5, 0.6) is 17.2 Å². The van der Waals surface area contributed by atoms with Crippen molar-refractivity contribution in [1.29, 1.82) is 0 Å². The van der Waals surface area contributed by atoms with Gasteiger partial charge >= 0.3 is 30.1 Å². The van der Waals surface area contributed by atoms with Gasteiger partial charge in [0.2, 0.25) is 6.10 Å².